The van der Waals surface area contributed by atoms with E-state index in [1.165, 1.54) is 7.11 Å². The van der Waals surface area contributed by atoms with Crippen molar-refractivity contribution in [3.8, 4) is 0 Å². The van der Waals surface area contributed by atoms with Crippen LogP contribution in [0.2, 0.25) is 0 Å². The first-order valence-corrected chi connectivity index (χ1v) is 5.01. The lowest BCUT2D eigenvalue weighted by Crippen LogP contribution is -2.22. The number of hydrogen-bond acceptors (Lipinski definition) is 4. The fourth-order valence-corrected chi connectivity index (χ4v) is 1.02. The summed E-state index contributed by atoms with van der Waals surface area (Å²) in [6.07, 6.45) is 0. The molecule has 0 aromatic heterocycles. The van der Waals surface area contributed by atoms with Crippen LogP contribution in [0.5, 0.6) is 0 Å². The van der Waals surface area contributed by atoms with E-state index in [2.05, 4.69) is 20.7 Å². The molecule has 0 aromatic rings. The minimum absolute atomic E-state index is 0.305. The molecule has 0 rings (SSSR count). The number of ether oxygens (including phenoxy) is 3. The highest BCUT2D eigenvalue weighted by molar-refractivity contribution is 9.10. The van der Waals surface area contributed by atoms with E-state index in [0.717, 1.165) is 0 Å². The molecule has 13 heavy (non-hydrogen) atoms. The summed E-state index contributed by atoms with van der Waals surface area (Å²) in [7, 11) is 1.34. The van der Waals surface area contributed by atoms with Crippen molar-refractivity contribution in [1.82, 2.24) is 0 Å². The Balaban J connectivity index is 3.26. The first-order valence-electron chi connectivity index (χ1n) is 4.09. The van der Waals surface area contributed by atoms with Crippen molar-refractivity contribution in [2.24, 2.45) is 0 Å². The van der Waals surface area contributed by atoms with Crippen LogP contribution < -0.4 is 0 Å². The second-order valence-electron chi connectivity index (χ2n) is 2.26. The van der Waals surface area contributed by atoms with Crippen molar-refractivity contribution >= 4 is 21.9 Å². The molecule has 0 aromatic carbocycles. The van der Waals surface area contributed by atoms with Crippen molar-refractivity contribution in [3.63, 3.8) is 0 Å². The molecule has 0 fully saturated rings. The Bertz CT molecular complexity index is 140. The second kappa shape index (κ2) is 8.47. The zero-order chi connectivity index (χ0) is 10.1. The molecule has 1 atom stereocenters. The summed E-state index contributed by atoms with van der Waals surface area (Å²) in [5.74, 6) is -0.323. The average molecular weight is 255 g/mol. The van der Waals surface area contributed by atoms with Gasteiger partial charge in [0.25, 0.3) is 0 Å². The van der Waals surface area contributed by atoms with E-state index in [4.69, 9.17) is 9.47 Å². The lowest BCUT2D eigenvalue weighted by atomic mass is 10.5. The lowest BCUT2D eigenvalue weighted by molar-refractivity contribution is -0.141. The van der Waals surface area contributed by atoms with E-state index >= 15 is 0 Å². The van der Waals surface area contributed by atoms with E-state index in [1.54, 1.807) is 0 Å². The Morgan fingerprint density at radius 1 is 1.38 bits per heavy atom. The normalized spacial score (nSPS) is 12.5. The molecule has 0 aliphatic rings. The van der Waals surface area contributed by atoms with Crippen LogP contribution in [0.25, 0.3) is 0 Å². The van der Waals surface area contributed by atoms with Crippen molar-refractivity contribution in [2.45, 2.75) is 11.8 Å². The van der Waals surface area contributed by atoms with Crippen LogP contribution in [-0.2, 0) is 19.0 Å². The van der Waals surface area contributed by atoms with Crippen LogP contribution in [-0.4, -0.2) is 44.3 Å². The Kier molecular flexibility index (Phi) is 8.38. The van der Waals surface area contributed by atoms with E-state index in [0.29, 0.717) is 26.4 Å². The van der Waals surface area contributed by atoms with Gasteiger partial charge in [-0.25, -0.2) is 0 Å². The number of esters is 1. The van der Waals surface area contributed by atoms with Gasteiger partial charge in [0.05, 0.1) is 26.9 Å². The minimum atomic E-state index is -0.390. The summed E-state index contributed by atoms with van der Waals surface area (Å²) < 4.78 is 14.7. The van der Waals surface area contributed by atoms with Gasteiger partial charge in [0.1, 0.15) is 4.83 Å². The lowest BCUT2D eigenvalue weighted by Gasteiger charge is -2.08. The van der Waals surface area contributed by atoms with Crippen molar-refractivity contribution in [1.29, 1.82) is 0 Å². The van der Waals surface area contributed by atoms with Gasteiger partial charge in [-0.15, -0.1) is 0 Å². The SMILES string of the molecule is CCOCCOCC(Br)C(=O)OC. The van der Waals surface area contributed by atoms with Crippen molar-refractivity contribution in [2.75, 3.05) is 33.5 Å². The number of carbonyl (C=O) groups excluding carboxylic acids is 1. The molecule has 0 spiro atoms. The molecule has 0 radical (unpaired) electrons. The number of hydrogen-bond donors (Lipinski definition) is 0. The highest BCUT2D eigenvalue weighted by atomic mass is 79.9. The highest BCUT2D eigenvalue weighted by Gasteiger charge is 2.14. The molecular formula is C8H15BrO4. The van der Waals surface area contributed by atoms with Gasteiger partial charge >= 0.3 is 5.97 Å². The van der Waals surface area contributed by atoms with Gasteiger partial charge < -0.3 is 14.2 Å². The van der Waals surface area contributed by atoms with Gasteiger partial charge in [-0.3, -0.25) is 4.79 Å². The fraction of sp³-hybridized carbons (Fsp3) is 0.875. The van der Waals surface area contributed by atoms with E-state index in [9.17, 15) is 4.79 Å². The maximum absolute atomic E-state index is 10.9. The Labute approximate surface area is 86.7 Å². The molecule has 0 amide bonds. The maximum atomic E-state index is 10.9. The van der Waals surface area contributed by atoms with Crippen molar-refractivity contribution < 1.29 is 19.0 Å². The van der Waals surface area contributed by atoms with Crippen LogP contribution in [0.1, 0.15) is 6.92 Å². The summed E-state index contributed by atoms with van der Waals surface area (Å²) >= 11 is 3.13. The molecule has 5 heteroatoms. The van der Waals surface area contributed by atoms with Crippen LogP contribution in [0, 0.1) is 0 Å². The number of rotatable bonds is 7. The molecule has 4 nitrogen and oxygen atoms in total. The van der Waals surface area contributed by atoms with Crippen LogP contribution >= 0.6 is 15.9 Å². The fourth-order valence-electron chi connectivity index (χ4n) is 0.645. The Hall–Kier alpha value is -0.130. The third kappa shape index (κ3) is 6.98. The topological polar surface area (TPSA) is 44.8 Å². The van der Waals surface area contributed by atoms with E-state index < -0.39 is 0 Å². The largest absolute Gasteiger partial charge is 0.468 e. The maximum Gasteiger partial charge on any atom is 0.321 e. The Morgan fingerprint density at radius 2 is 2.00 bits per heavy atom. The molecule has 0 aliphatic heterocycles. The number of alkyl halides is 1. The van der Waals surface area contributed by atoms with E-state index in [-0.39, 0.29) is 10.8 Å². The first kappa shape index (κ1) is 12.9. The standard InChI is InChI=1S/C8H15BrO4/c1-3-12-4-5-13-6-7(9)8(10)11-2/h7H,3-6H2,1-2H3. The zero-order valence-corrected chi connectivity index (χ0v) is 9.50. The molecule has 0 N–H and O–H groups in total. The van der Waals surface area contributed by atoms with E-state index in [1.807, 2.05) is 6.92 Å². The highest BCUT2D eigenvalue weighted by Crippen LogP contribution is 2.01. The molecular weight excluding hydrogens is 240 g/mol. The van der Waals surface area contributed by atoms with Crippen LogP contribution in [0.15, 0.2) is 0 Å². The zero-order valence-electron chi connectivity index (χ0n) is 7.92. The predicted molar refractivity (Wildman–Crippen MR) is 52.0 cm³/mol. The molecule has 78 valence electrons. The summed E-state index contributed by atoms with van der Waals surface area (Å²) in [6.45, 7) is 3.95. The van der Waals surface area contributed by atoms with Gasteiger partial charge in [-0.05, 0) is 6.92 Å². The summed E-state index contributed by atoms with van der Waals surface area (Å²) in [6, 6.07) is 0. The smallest absolute Gasteiger partial charge is 0.321 e. The quantitative estimate of drug-likeness (QED) is 0.386. The third-order valence-corrected chi connectivity index (χ3v) is 1.94. The van der Waals surface area contributed by atoms with Gasteiger partial charge in [0.2, 0.25) is 0 Å². The number of halogens is 1. The number of methoxy groups -OCH3 is 1. The Morgan fingerprint density at radius 3 is 2.54 bits per heavy atom. The minimum Gasteiger partial charge on any atom is -0.468 e. The summed E-state index contributed by atoms with van der Waals surface area (Å²) in [5.41, 5.74) is 0. The monoisotopic (exact) mass is 254 g/mol. The summed E-state index contributed by atoms with van der Waals surface area (Å²) in [5, 5.41) is 0. The molecule has 0 saturated carbocycles. The summed E-state index contributed by atoms with van der Waals surface area (Å²) in [4.78, 5) is 10.5. The number of carbonyl (C=O) groups is 1. The van der Waals surface area contributed by atoms with Gasteiger partial charge in [0.15, 0.2) is 0 Å². The van der Waals surface area contributed by atoms with Gasteiger partial charge in [-0.2, -0.15) is 0 Å². The third-order valence-electron chi connectivity index (χ3n) is 1.30. The predicted octanol–water partition coefficient (Wildman–Crippen LogP) is 0.976. The van der Waals surface area contributed by atoms with Gasteiger partial charge in [0, 0.05) is 6.61 Å². The molecule has 0 aliphatic carbocycles. The molecule has 0 heterocycles. The van der Waals surface area contributed by atoms with Gasteiger partial charge in [-0.1, -0.05) is 15.9 Å². The molecule has 1 unspecified atom stereocenters. The average Bonchev–Trinajstić information content (AvgIpc) is 2.16. The van der Waals surface area contributed by atoms with Crippen LogP contribution in [0.4, 0.5) is 0 Å². The van der Waals surface area contributed by atoms with Crippen molar-refractivity contribution in [3.05, 3.63) is 0 Å². The molecule has 0 bridgehead atoms. The second-order valence-corrected chi connectivity index (χ2v) is 3.37. The van der Waals surface area contributed by atoms with Crippen LogP contribution in [0.3, 0.4) is 0 Å². The first-order chi connectivity index (χ1) is 6.22. The molecule has 0 saturated heterocycles.